The Labute approximate surface area is 119 Å². The summed E-state index contributed by atoms with van der Waals surface area (Å²) in [6.07, 6.45) is -1.24. The van der Waals surface area contributed by atoms with Crippen LogP contribution in [0.15, 0.2) is 42.5 Å². The van der Waals surface area contributed by atoms with E-state index in [0.29, 0.717) is 5.56 Å². The van der Waals surface area contributed by atoms with E-state index in [1.165, 1.54) is 43.5 Å². The van der Waals surface area contributed by atoms with Crippen LogP contribution in [0.3, 0.4) is 0 Å². The van der Waals surface area contributed by atoms with Gasteiger partial charge in [-0.3, -0.25) is 0 Å². The average Bonchev–Trinajstić information content (AvgIpc) is 2.47. The number of hydrogen-bond donors (Lipinski definition) is 1. The lowest BCUT2D eigenvalue weighted by Gasteiger charge is -2.14. The monoisotopic (exact) mass is 298 g/mol. The fourth-order valence-corrected chi connectivity index (χ4v) is 1.91. The van der Waals surface area contributed by atoms with Gasteiger partial charge in [0.2, 0.25) is 0 Å². The van der Waals surface area contributed by atoms with Crippen molar-refractivity contribution in [3.05, 3.63) is 59.4 Å². The Balaban J connectivity index is 2.26. The van der Waals surface area contributed by atoms with E-state index in [4.69, 9.17) is 4.74 Å². The summed E-state index contributed by atoms with van der Waals surface area (Å²) in [5.74, 6) is -0.684. The topological polar surface area (TPSA) is 38.7 Å². The lowest BCUT2D eigenvalue weighted by Crippen LogP contribution is -2.05. The number of ether oxygens (including phenoxy) is 2. The average molecular weight is 298 g/mol. The van der Waals surface area contributed by atoms with E-state index in [9.17, 15) is 18.3 Å². The second-order valence-electron chi connectivity index (χ2n) is 4.21. The van der Waals surface area contributed by atoms with E-state index in [0.717, 1.165) is 0 Å². The van der Waals surface area contributed by atoms with Crippen molar-refractivity contribution in [1.82, 2.24) is 0 Å². The number of hydrogen-bond acceptors (Lipinski definition) is 3. The van der Waals surface area contributed by atoms with Gasteiger partial charge >= 0.3 is 6.61 Å². The second-order valence-corrected chi connectivity index (χ2v) is 4.21. The standard InChI is InChI=1S/C15H13F3O3/c1-20-12-4-2-3-11(13(12)16)14(19)9-5-7-10(8-6-9)21-15(17)18/h2-8,14-15,19H,1H3. The highest BCUT2D eigenvalue weighted by molar-refractivity contribution is 5.38. The lowest BCUT2D eigenvalue weighted by atomic mass is 10.0. The predicted octanol–water partition coefficient (Wildman–Crippen LogP) is 3.52. The molecular formula is C15H13F3O3. The van der Waals surface area contributed by atoms with Crippen LogP contribution in [0.2, 0.25) is 0 Å². The lowest BCUT2D eigenvalue weighted by molar-refractivity contribution is -0.0498. The highest BCUT2D eigenvalue weighted by Crippen LogP contribution is 2.30. The molecule has 21 heavy (non-hydrogen) atoms. The van der Waals surface area contributed by atoms with Crippen LogP contribution in [0.25, 0.3) is 0 Å². The largest absolute Gasteiger partial charge is 0.494 e. The number of methoxy groups -OCH3 is 1. The first kappa shape index (κ1) is 15.2. The molecule has 0 aliphatic rings. The fourth-order valence-electron chi connectivity index (χ4n) is 1.91. The van der Waals surface area contributed by atoms with E-state index >= 15 is 0 Å². The van der Waals surface area contributed by atoms with Crippen LogP contribution in [0.5, 0.6) is 11.5 Å². The van der Waals surface area contributed by atoms with Gasteiger partial charge in [0, 0.05) is 5.56 Å². The van der Waals surface area contributed by atoms with E-state index in [1.807, 2.05) is 0 Å². The Hall–Kier alpha value is -2.21. The summed E-state index contributed by atoms with van der Waals surface area (Å²) < 4.78 is 47.2. The molecule has 0 heterocycles. The van der Waals surface area contributed by atoms with E-state index < -0.39 is 18.5 Å². The molecule has 1 N–H and O–H groups in total. The zero-order chi connectivity index (χ0) is 15.4. The molecule has 1 atom stereocenters. The number of rotatable bonds is 5. The van der Waals surface area contributed by atoms with Crippen LogP contribution in [0.4, 0.5) is 13.2 Å². The third kappa shape index (κ3) is 3.46. The summed E-state index contributed by atoms with van der Waals surface area (Å²) in [6.45, 7) is -2.92. The maximum absolute atomic E-state index is 14.1. The van der Waals surface area contributed by atoms with Gasteiger partial charge in [0.05, 0.1) is 7.11 Å². The molecule has 1 unspecified atom stereocenters. The van der Waals surface area contributed by atoms with Gasteiger partial charge in [-0.15, -0.1) is 0 Å². The van der Waals surface area contributed by atoms with Crippen LogP contribution in [0, 0.1) is 5.82 Å². The van der Waals surface area contributed by atoms with E-state index in [-0.39, 0.29) is 17.1 Å². The van der Waals surface area contributed by atoms with Gasteiger partial charge in [0.15, 0.2) is 11.6 Å². The third-order valence-electron chi connectivity index (χ3n) is 2.93. The molecule has 3 nitrogen and oxygen atoms in total. The molecule has 0 amide bonds. The van der Waals surface area contributed by atoms with Crippen molar-refractivity contribution >= 4 is 0 Å². The van der Waals surface area contributed by atoms with Gasteiger partial charge in [0.1, 0.15) is 11.9 Å². The second kappa shape index (κ2) is 6.49. The minimum atomic E-state index is -2.92. The molecule has 2 aromatic carbocycles. The first-order valence-corrected chi connectivity index (χ1v) is 6.08. The zero-order valence-corrected chi connectivity index (χ0v) is 11.1. The quantitative estimate of drug-likeness (QED) is 0.918. The van der Waals surface area contributed by atoms with Crippen molar-refractivity contribution < 1.29 is 27.8 Å². The first-order chi connectivity index (χ1) is 10.0. The Kier molecular flexibility index (Phi) is 4.70. The minimum Gasteiger partial charge on any atom is -0.494 e. The van der Waals surface area contributed by atoms with Gasteiger partial charge in [-0.1, -0.05) is 24.3 Å². The molecule has 6 heteroatoms. The molecule has 0 aliphatic heterocycles. The molecule has 0 saturated carbocycles. The maximum atomic E-state index is 14.1. The van der Waals surface area contributed by atoms with Gasteiger partial charge in [-0.25, -0.2) is 4.39 Å². The van der Waals surface area contributed by atoms with Crippen molar-refractivity contribution in [3.8, 4) is 11.5 Å². The Morgan fingerprint density at radius 3 is 2.29 bits per heavy atom. The summed E-state index contributed by atoms with van der Waals surface area (Å²) in [4.78, 5) is 0. The van der Waals surface area contributed by atoms with Crippen molar-refractivity contribution in [1.29, 1.82) is 0 Å². The summed E-state index contributed by atoms with van der Waals surface area (Å²) in [7, 11) is 1.32. The summed E-state index contributed by atoms with van der Waals surface area (Å²) in [6, 6.07) is 9.75. The van der Waals surface area contributed by atoms with Crippen LogP contribution in [-0.2, 0) is 0 Å². The molecule has 2 aromatic rings. The van der Waals surface area contributed by atoms with Crippen molar-refractivity contribution in [2.45, 2.75) is 12.7 Å². The van der Waals surface area contributed by atoms with Gasteiger partial charge in [-0.2, -0.15) is 8.78 Å². The molecular weight excluding hydrogens is 285 g/mol. The Bertz CT molecular complexity index is 600. The van der Waals surface area contributed by atoms with Gasteiger partial charge in [0.25, 0.3) is 0 Å². The number of alkyl halides is 2. The highest BCUT2D eigenvalue weighted by Gasteiger charge is 2.18. The van der Waals surface area contributed by atoms with Crippen molar-refractivity contribution in [3.63, 3.8) is 0 Å². The fraction of sp³-hybridized carbons (Fsp3) is 0.200. The van der Waals surface area contributed by atoms with Crippen LogP contribution in [-0.4, -0.2) is 18.8 Å². The van der Waals surface area contributed by atoms with Crippen LogP contribution >= 0.6 is 0 Å². The molecule has 0 saturated heterocycles. The number of aliphatic hydroxyl groups is 1. The summed E-state index contributed by atoms with van der Waals surface area (Å²) >= 11 is 0. The van der Waals surface area contributed by atoms with E-state index in [2.05, 4.69) is 4.74 Å². The molecule has 0 aromatic heterocycles. The molecule has 0 bridgehead atoms. The highest BCUT2D eigenvalue weighted by atomic mass is 19.3. The number of benzene rings is 2. The van der Waals surface area contributed by atoms with Crippen molar-refractivity contribution in [2.24, 2.45) is 0 Å². The van der Waals surface area contributed by atoms with Crippen molar-refractivity contribution in [2.75, 3.05) is 7.11 Å². The molecule has 0 radical (unpaired) electrons. The normalized spacial score (nSPS) is 12.3. The van der Waals surface area contributed by atoms with Gasteiger partial charge in [-0.05, 0) is 23.8 Å². The maximum Gasteiger partial charge on any atom is 0.387 e. The number of halogens is 3. The molecule has 0 fully saturated rings. The Morgan fingerprint density at radius 1 is 1.05 bits per heavy atom. The first-order valence-electron chi connectivity index (χ1n) is 6.08. The smallest absolute Gasteiger partial charge is 0.387 e. The molecule has 0 aliphatic carbocycles. The summed E-state index contributed by atoms with van der Waals surface area (Å²) in [5, 5.41) is 10.2. The Morgan fingerprint density at radius 2 is 1.71 bits per heavy atom. The van der Waals surface area contributed by atoms with Crippen LogP contribution in [0.1, 0.15) is 17.2 Å². The predicted molar refractivity (Wildman–Crippen MR) is 70.1 cm³/mol. The molecule has 2 rings (SSSR count). The molecule has 0 spiro atoms. The SMILES string of the molecule is COc1cccc(C(O)c2ccc(OC(F)F)cc2)c1F. The molecule has 112 valence electrons. The minimum absolute atomic E-state index is 0.0178. The third-order valence-corrected chi connectivity index (χ3v) is 2.93. The number of aliphatic hydroxyl groups excluding tert-OH is 1. The van der Waals surface area contributed by atoms with Crippen LogP contribution < -0.4 is 9.47 Å². The van der Waals surface area contributed by atoms with Gasteiger partial charge < -0.3 is 14.6 Å². The zero-order valence-electron chi connectivity index (χ0n) is 11.1. The summed E-state index contributed by atoms with van der Waals surface area (Å²) in [5.41, 5.74) is 0.389. The van der Waals surface area contributed by atoms with E-state index in [1.54, 1.807) is 6.07 Å².